The van der Waals surface area contributed by atoms with Crippen molar-refractivity contribution in [1.29, 1.82) is 0 Å². The summed E-state index contributed by atoms with van der Waals surface area (Å²) in [5, 5.41) is 3.30. The van der Waals surface area contributed by atoms with E-state index in [9.17, 15) is 8.42 Å². The number of sulfonamides is 1. The van der Waals surface area contributed by atoms with Crippen LogP contribution in [0.15, 0.2) is 24.3 Å². The van der Waals surface area contributed by atoms with Gasteiger partial charge in [0.25, 0.3) is 0 Å². The molecule has 17 heavy (non-hydrogen) atoms. The molecular formula is C12H20N2O2S. The van der Waals surface area contributed by atoms with Crippen LogP contribution >= 0.6 is 0 Å². The molecule has 0 aliphatic rings. The normalized spacial score (nSPS) is 13.4. The smallest absolute Gasteiger partial charge is 0.232 e. The van der Waals surface area contributed by atoms with Gasteiger partial charge in [-0.15, -0.1) is 0 Å². The summed E-state index contributed by atoms with van der Waals surface area (Å²) >= 11 is 0. The molecule has 1 aromatic rings. The lowest BCUT2D eigenvalue weighted by Crippen LogP contribution is -2.18. The number of hydrogen-bond acceptors (Lipinski definition) is 3. The van der Waals surface area contributed by atoms with Gasteiger partial charge in [-0.05, 0) is 38.1 Å². The minimum absolute atomic E-state index is 0.0859. The fourth-order valence-corrected chi connectivity index (χ4v) is 2.16. The monoisotopic (exact) mass is 256 g/mol. The van der Waals surface area contributed by atoms with E-state index in [2.05, 4.69) is 23.9 Å². The summed E-state index contributed by atoms with van der Waals surface area (Å²) in [6.07, 6.45) is 0. The first-order chi connectivity index (χ1) is 7.98. The van der Waals surface area contributed by atoms with Crippen molar-refractivity contribution >= 4 is 15.7 Å². The van der Waals surface area contributed by atoms with Gasteiger partial charge in [-0.3, -0.25) is 4.72 Å². The number of rotatable bonds is 6. The van der Waals surface area contributed by atoms with Gasteiger partial charge in [-0.2, -0.15) is 0 Å². The first-order valence-electron chi connectivity index (χ1n) is 5.82. The second-order valence-corrected chi connectivity index (χ2v) is 5.92. The summed E-state index contributed by atoms with van der Waals surface area (Å²) in [4.78, 5) is 0. The van der Waals surface area contributed by atoms with Crippen LogP contribution in [0, 0.1) is 0 Å². The van der Waals surface area contributed by atoms with Crippen LogP contribution in [-0.2, 0) is 10.0 Å². The minimum atomic E-state index is -3.18. The second kappa shape index (κ2) is 6.02. The fraction of sp³-hybridized carbons (Fsp3) is 0.500. The van der Waals surface area contributed by atoms with Crippen LogP contribution in [-0.4, -0.2) is 20.7 Å². The van der Waals surface area contributed by atoms with Crippen molar-refractivity contribution in [1.82, 2.24) is 5.32 Å². The average molecular weight is 256 g/mol. The molecule has 0 heterocycles. The van der Waals surface area contributed by atoms with Crippen LogP contribution in [0.2, 0.25) is 0 Å². The van der Waals surface area contributed by atoms with Gasteiger partial charge in [0.1, 0.15) is 0 Å². The van der Waals surface area contributed by atoms with E-state index in [0.29, 0.717) is 5.69 Å². The Morgan fingerprint density at radius 1 is 1.18 bits per heavy atom. The number of nitrogens with one attached hydrogen (secondary N) is 2. The zero-order valence-corrected chi connectivity index (χ0v) is 11.3. The standard InChI is InChI=1S/C12H20N2O2S/c1-4-13-10(3)11-6-8-12(9-7-11)14-17(15,16)5-2/h6-10,13-14H,4-5H2,1-3H3. The predicted octanol–water partition coefficient (Wildman–Crippen LogP) is 2.12. The Bertz CT molecular complexity index is 440. The highest BCUT2D eigenvalue weighted by Gasteiger charge is 2.07. The van der Waals surface area contributed by atoms with Crippen LogP contribution in [0.4, 0.5) is 5.69 Å². The summed E-state index contributed by atoms with van der Waals surface area (Å²) < 4.78 is 25.3. The molecule has 0 spiro atoms. The Morgan fingerprint density at radius 2 is 1.76 bits per heavy atom. The maximum atomic E-state index is 11.4. The van der Waals surface area contributed by atoms with E-state index in [1.165, 1.54) is 0 Å². The highest BCUT2D eigenvalue weighted by molar-refractivity contribution is 7.92. The average Bonchev–Trinajstić information content (AvgIpc) is 2.30. The lowest BCUT2D eigenvalue weighted by molar-refractivity contribution is 0.598. The Labute approximate surface area is 103 Å². The Kier molecular flexibility index (Phi) is 4.96. The van der Waals surface area contributed by atoms with Crippen molar-refractivity contribution in [2.75, 3.05) is 17.0 Å². The van der Waals surface area contributed by atoms with Crippen LogP contribution in [0.25, 0.3) is 0 Å². The molecule has 0 saturated heterocycles. The van der Waals surface area contributed by atoms with E-state index in [1.54, 1.807) is 19.1 Å². The molecule has 0 fully saturated rings. The lowest BCUT2D eigenvalue weighted by atomic mass is 10.1. The second-order valence-electron chi connectivity index (χ2n) is 3.91. The largest absolute Gasteiger partial charge is 0.310 e. The van der Waals surface area contributed by atoms with Crippen molar-refractivity contribution in [3.05, 3.63) is 29.8 Å². The molecule has 0 aliphatic heterocycles. The van der Waals surface area contributed by atoms with Gasteiger partial charge in [0.15, 0.2) is 0 Å². The lowest BCUT2D eigenvalue weighted by Gasteiger charge is -2.13. The Morgan fingerprint density at radius 3 is 2.24 bits per heavy atom. The fourth-order valence-electron chi connectivity index (χ4n) is 1.52. The van der Waals surface area contributed by atoms with E-state index in [-0.39, 0.29) is 11.8 Å². The molecule has 0 radical (unpaired) electrons. The Hall–Kier alpha value is -1.07. The molecule has 0 amide bonds. The molecule has 0 aromatic heterocycles. The summed E-state index contributed by atoms with van der Waals surface area (Å²) in [5.74, 6) is 0.0859. The van der Waals surface area contributed by atoms with Crippen LogP contribution in [0.3, 0.4) is 0 Å². The SMILES string of the molecule is CCNC(C)c1ccc(NS(=O)(=O)CC)cc1. The molecule has 1 atom stereocenters. The summed E-state index contributed by atoms with van der Waals surface area (Å²) in [7, 11) is -3.18. The Balaban J connectivity index is 2.75. The molecule has 0 saturated carbocycles. The third-order valence-corrected chi connectivity index (χ3v) is 3.88. The van der Waals surface area contributed by atoms with Crippen molar-refractivity contribution in [3.8, 4) is 0 Å². The molecule has 0 bridgehead atoms. The zero-order chi connectivity index (χ0) is 12.9. The first kappa shape index (κ1) is 14.0. The van der Waals surface area contributed by atoms with Gasteiger partial charge in [-0.1, -0.05) is 19.1 Å². The third kappa shape index (κ3) is 4.36. The molecular weight excluding hydrogens is 236 g/mol. The molecule has 4 nitrogen and oxygen atoms in total. The summed E-state index contributed by atoms with van der Waals surface area (Å²) in [6.45, 7) is 6.66. The number of anilines is 1. The van der Waals surface area contributed by atoms with Crippen molar-refractivity contribution in [2.45, 2.75) is 26.8 Å². The summed E-state index contributed by atoms with van der Waals surface area (Å²) in [6, 6.07) is 7.71. The topological polar surface area (TPSA) is 58.2 Å². The number of benzene rings is 1. The summed E-state index contributed by atoms with van der Waals surface area (Å²) in [5.41, 5.74) is 1.76. The van der Waals surface area contributed by atoms with E-state index >= 15 is 0 Å². The molecule has 0 aliphatic carbocycles. The van der Waals surface area contributed by atoms with E-state index < -0.39 is 10.0 Å². The molecule has 1 rings (SSSR count). The van der Waals surface area contributed by atoms with E-state index in [4.69, 9.17) is 0 Å². The number of hydrogen-bond donors (Lipinski definition) is 2. The molecule has 2 N–H and O–H groups in total. The molecule has 1 aromatic carbocycles. The van der Waals surface area contributed by atoms with Gasteiger partial charge in [0.05, 0.1) is 5.75 Å². The highest BCUT2D eigenvalue weighted by Crippen LogP contribution is 2.16. The van der Waals surface area contributed by atoms with Gasteiger partial charge in [0.2, 0.25) is 10.0 Å². The van der Waals surface area contributed by atoms with Crippen molar-refractivity contribution in [3.63, 3.8) is 0 Å². The van der Waals surface area contributed by atoms with Crippen LogP contribution in [0.1, 0.15) is 32.4 Å². The van der Waals surface area contributed by atoms with Gasteiger partial charge in [-0.25, -0.2) is 8.42 Å². The van der Waals surface area contributed by atoms with Gasteiger partial charge >= 0.3 is 0 Å². The quantitative estimate of drug-likeness (QED) is 0.819. The minimum Gasteiger partial charge on any atom is -0.310 e. The van der Waals surface area contributed by atoms with E-state index in [0.717, 1.165) is 12.1 Å². The van der Waals surface area contributed by atoms with Gasteiger partial charge < -0.3 is 5.32 Å². The molecule has 1 unspecified atom stereocenters. The van der Waals surface area contributed by atoms with Crippen LogP contribution in [0.5, 0.6) is 0 Å². The maximum Gasteiger partial charge on any atom is 0.232 e. The maximum absolute atomic E-state index is 11.4. The van der Waals surface area contributed by atoms with Gasteiger partial charge in [0, 0.05) is 11.7 Å². The third-order valence-electron chi connectivity index (χ3n) is 2.57. The highest BCUT2D eigenvalue weighted by atomic mass is 32.2. The van der Waals surface area contributed by atoms with Crippen molar-refractivity contribution < 1.29 is 8.42 Å². The van der Waals surface area contributed by atoms with Crippen LogP contribution < -0.4 is 10.0 Å². The zero-order valence-electron chi connectivity index (χ0n) is 10.5. The molecule has 5 heteroatoms. The van der Waals surface area contributed by atoms with E-state index in [1.807, 2.05) is 12.1 Å². The first-order valence-corrected chi connectivity index (χ1v) is 7.47. The predicted molar refractivity (Wildman–Crippen MR) is 71.6 cm³/mol. The molecule has 96 valence electrons. The van der Waals surface area contributed by atoms with Crippen molar-refractivity contribution in [2.24, 2.45) is 0 Å².